The largest absolute Gasteiger partial charge is 0.488 e. The Labute approximate surface area is 234 Å². The number of fused-ring (bicyclic) bond motifs is 10. The van der Waals surface area contributed by atoms with Gasteiger partial charge in [-0.15, -0.1) is 0 Å². The van der Waals surface area contributed by atoms with Gasteiger partial charge in [-0.05, 0) is 72.2 Å². The van der Waals surface area contributed by atoms with Crippen LogP contribution >= 0.6 is 0 Å². The summed E-state index contributed by atoms with van der Waals surface area (Å²) < 4.78 is 0. The summed E-state index contributed by atoms with van der Waals surface area (Å²) in [6.07, 6.45) is 0. The van der Waals surface area contributed by atoms with Gasteiger partial charge >= 0.3 is 7.12 Å². The Balaban J connectivity index is 1.33. The summed E-state index contributed by atoms with van der Waals surface area (Å²) in [4.78, 5) is 0. The number of benzene rings is 6. The van der Waals surface area contributed by atoms with Crippen molar-refractivity contribution in [1.82, 2.24) is 0 Å². The third-order valence-electron chi connectivity index (χ3n) is 8.76. The molecule has 188 valence electrons. The SMILES string of the molecule is OB(O)c1ccc(-c2ccc(-c3cccc4c3-c3ccccc3C43c4ccccc4-c4ccccc43)cc2)cc1. The summed E-state index contributed by atoms with van der Waals surface area (Å²) in [6, 6.07) is 49.5. The Morgan fingerprint density at radius 3 is 1.38 bits per heavy atom. The van der Waals surface area contributed by atoms with Crippen molar-refractivity contribution < 1.29 is 10.0 Å². The lowest BCUT2D eigenvalue weighted by Gasteiger charge is -2.30. The molecule has 0 unspecified atom stereocenters. The van der Waals surface area contributed by atoms with Gasteiger partial charge in [0.15, 0.2) is 0 Å². The van der Waals surface area contributed by atoms with E-state index in [2.05, 4.69) is 115 Å². The molecule has 2 aliphatic carbocycles. The third-order valence-corrected chi connectivity index (χ3v) is 8.76. The molecule has 8 rings (SSSR count). The molecule has 2 aliphatic rings. The van der Waals surface area contributed by atoms with Crippen LogP contribution in [0.1, 0.15) is 22.3 Å². The standard InChI is InChI=1S/C37H25BO2/c39-38(40)27-22-20-25(21-23-27)24-16-18-26(19-17-24)28-11-7-15-35-36(28)31-10-3-6-14-34(31)37(35)32-12-4-1-8-29(32)30-9-2-5-13-33(30)37/h1-23,39-40H. The molecule has 0 heterocycles. The minimum Gasteiger partial charge on any atom is -0.423 e. The van der Waals surface area contributed by atoms with Crippen molar-refractivity contribution in [2.24, 2.45) is 0 Å². The fourth-order valence-corrected chi connectivity index (χ4v) is 7.07. The Morgan fingerprint density at radius 1 is 0.375 bits per heavy atom. The van der Waals surface area contributed by atoms with E-state index in [1.165, 1.54) is 55.6 Å². The number of rotatable bonds is 3. The predicted molar refractivity (Wildman–Crippen MR) is 163 cm³/mol. The molecule has 1 spiro atoms. The zero-order valence-corrected chi connectivity index (χ0v) is 21.8. The first-order valence-corrected chi connectivity index (χ1v) is 13.7. The van der Waals surface area contributed by atoms with E-state index in [-0.39, 0.29) is 5.41 Å². The summed E-state index contributed by atoms with van der Waals surface area (Å²) in [5.41, 5.74) is 15.3. The van der Waals surface area contributed by atoms with Crippen molar-refractivity contribution in [2.45, 2.75) is 5.41 Å². The van der Waals surface area contributed by atoms with Crippen LogP contribution in [0.3, 0.4) is 0 Å². The van der Waals surface area contributed by atoms with E-state index in [1.54, 1.807) is 12.1 Å². The van der Waals surface area contributed by atoms with Crippen molar-refractivity contribution in [3.05, 3.63) is 162 Å². The molecule has 0 saturated heterocycles. The van der Waals surface area contributed by atoms with Gasteiger partial charge in [0.25, 0.3) is 0 Å². The molecule has 6 aromatic rings. The first kappa shape index (κ1) is 23.2. The van der Waals surface area contributed by atoms with Crippen LogP contribution in [-0.2, 0) is 5.41 Å². The quantitative estimate of drug-likeness (QED) is 0.249. The molecule has 0 aromatic heterocycles. The molecule has 0 atom stereocenters. The first-order chi connectivity index (χ1) is 19.7. The van der Waals surface area contributed by atoms with E-state index < -0.39 is 7.12 Å². The van der Waals surface area contributed by atoms with Crippen molar-refractivity contribution >= 4 is 12.6 Å². The second-order valence-electron chi connectivity index (χ2n) is 10.7. The molecule has 0 radical (unpaired) electrons. The van der Waals surface area contributed by atoms with Gasteiger partial charge in [-0.25, -0.2) is 0 Å². The highest BCUT2D eigenvalue weighted by molar-refractivity contribution is 6.58. The predicted octanol–water partition coefficient (Wildman–Crippen LogP) is 7.04. The van der Waals surface area contributed by atoms with Gasteiger partial charge in [-0.2, -0.15) is 0 Å². The van der Waals surface area contributed by atoms with Crippen LogP contribution in [-0.4, -0.2) is 17.2 Å². The van der Waals surface area contributed by atoms with E-state index in [9.17, 15) is 10.0 Å². The van der Waals surface area contributed by atoms with Gasteiger partial charge < -0.3 is 10.0 Å². The molecule has 3 heteroatoms. The summed E-state index contributed by atoms with van der Waals surface area (Å²) in [5.74, 6) is 0. The lowest BCUT2D eigenvalue weighted by molar-refractivity contribution is 0.426. The van der Waals surface area contributed by atoms with E-state index in [0.717, 1.165) is 11.1 Å². The van der Waals surface area contributed by atoms with Gasteiger partial charge in [-0.3, -0.25) is 0 Å². The Morgan fingerprint density at radius 2 is 0.800 bits per heavy atom. The second kappa shape index (κ2) is 8.66. The van der Waals surface area contributed by atoms with Crippen LogP contribution in [0.2, 0.25) is 0 Å². The van der Waals surface area contributed by atoms with Gasteiger partial charge in [-0.1, -0.05) is 140 Å². The van der Waals surface area contributed by atoms with Gasteiger partial charge in [0, 0.05) is 0 Å². The lowest BCUT2D eigenvalue weighted by atomic mass is 9.70. The molecule has 0 aliphatic heterocycles. The van der Waals surface area contributed by atoms with Gasteiger partial charge in [0.2, 0.25) is 0 Å². The molecule has 0 bridgehead atoms. The molecule has 0 amide bonds. The van der Waals surface area contributed by atoms with E-state index >= 15 is 0 Å². The summed E-state index contributed by atoms with van der Waals surface area (Å²) in [5, 5.41) is 18.9. The van der Waals surface area contributed by atoms with Crippen molar-refractivity contribution in [1.29, 1.82) is 0 Å². The van der Waals surface area contributed by atoms with Crippen molar-refractivity contribution in [3.63, 3.8) is 0 Å². The molecule has 6 aromatic carbocycles. The molecular weight excluding hydrogens is 487 g/mol. The topological polar surface area (TPSA) is 40.5 Å². The Kier molecular flexibility index (Phi) is 5.02. The van der Waals surface area contributed by atoms with Crippen LogP contribution in [0.4, 0.5) is 0 Å². The minimum atomic E-state index is -1.46. The maximum atomic E-state index is 9.43. The van der Waals surface area contributed by atoms with Crippen LogP contribution in [0, 0.1) is 0 Å². The van der Waals surface area contributed by atoms with E-state index in [0.29, 0.717) is 5.46 Å². The highest BCUT2D eigenvalue weighted by Gasteiger charge is 2.51. The second-order valence-corrected chi connectivity index (χ2v) is 10.7. The van der Waals surface area contributed by atoms with Gasteiger partial charge in [0.05, 0.1) is 5.41 Å². The number of hydrogen-bond acceptors (Lipinski definition) is 2. The van der Waals surface area contributed by atoms with Crippen molar-refractivity contribution in [2.75, 3.05) is 0 Å². The molecule has 2 nitrogen and oxygen atoms in total. The van der Waals surface area contributed by atoms with E-state index in [1.807, 2.05) is 12.1 Å². The van der Waals surface area contributed by atoms with Crippen LogP contribution in [0.15, 0.2) is 140 Å². The normalized spacial score (nSPS) is 13.4. The minimum absolute atomic E-state index is 0.339. The molecule has 0 saturated carbocycles. The first-order valence-electron chi connectivity index (χ1n) is 13.7. The summed E-state index contributed by atoms with van der Waals surface area (Å²) in [6.45, 7) is 0. The summed E-state index contributed by atoms with van der Waals surface area (Å²) >= 11 is 0. The maximum absolute atomic E-state index is 9.43. The third kappa shape index (κ3) is 3.08. The van der Waals surface area contributed by atoms with Crippen molar-refractivity contribution in [3.8, 4) is 44.5 Å². The average Bonchev–Trinajstić information content (AvgIpc) is 3.49. The van der Waals surface area contributed by atoms with Gasteiger partial charge in [0.1, 0.15) is 0 Å². The zero-order valence-electron chi connectivity index (χ0n) is 21.8. The maximum Gasteiger partial charge on any atom is 0.488 e. The Bertz CT molecular complexity index is 1870. The number of hydrogen-bond donors (Lipinski definition) is 2. The highest BCUT2D eigenvalue weighted by Crippen LogP contribution is 2.63. The lowest BCUT2D eigenvalue weighted by Crippen LogP contribution is -2.29. The summed E-state index contributed by atoms with van der Waals surface area (Å²) in [7, 11) is -1.46. The fraction of sp³-hybridized carbons (Fsp3) is 0.0270. The molecule has 40 heavy (non-hydrogen) atoms. The van der Waals surface area contributed by atoms with E-state index in [4.69, 9.17) is 0 Å². The van der Waals surface area contributed by atoms with Crippen LogP contribution < -0.4 is 5.46 Å². The molecular formula is C37H25BO2. The Hall–Kier alpha value is -4.70. The van der Waals surface area contributed by atoms with Crippen LogP contribution in [0.25, 0.3) is 44.5 Å². The highest BCUT2D eigenvalue weighted by atomic mass is 16.4. The average molecular weight is 512 g/mol. The monoisotopic (exact) mass is 512 g/mol. The zero-order chi connectivity index (χ0) is 26.8. The molecule has 0 fully saturated rings. The fourth-order valence-electron chi connectivity index (χ4n) is 7.07. The van der Waals surface area contributed by atoms with Crippen LogP contribution in [0.5, 0.6) is 0 Å². The molecule has 2 N–H and O–H groups in total. The smallest absolute Gasteiger partial charge is 0.423 e.